The summed E-state index contributed by atoms with van der Waals surface area (Å²) < 4.78 is 6.17. The highest BCUT2D eigenvalue weighted by Gasteiger charge is 2.46. The van der Waals surface area contributed by atoms with Crippen LogP contribution in [0.2, 0.25) is 0 Å². The van der Waals surface area contributed by atoms with Gasteiger partial charge in [0.2, 0.25) is 29.5 Å². The van der Waals surface area contributed by atoms with Crippen LogP contribution in [-0.2, 0) is 54.6 Å². The molecule has 6 amide bonds. The fraction of sp³-hybridized carbons (Fsp3) is 0.508. The predicted molar refractivity (Wildman–Crippen MR) is 304 cm³/mol. The van der Waals surface area contributed by atoms with E-state index in [2.05, 4.69) is 55.4 Å². The van der Waals surface area contributed by atoms with Gasteiger partial charge < -0.3 is 46.9 Å². The van der Waals surface area contributed by atoms with E-state index in [9.17, 15) is 33.6 Å². The fourth-order valence-electron chi connectivity index (χ4n) is 11.8. The first kappa shape index (κ1) is 58.2. The number of likely N-dealkylation sites (tertiary alicyclic amines) is 1. The molecule has 8 rings (SSSR count). The molecular weight excluding hydrogens is 997 g/mol. The molecule has 0 radical (unpaired) electrons. The maximum absolute atomic E-state index is 14.6. The maximum atomic E-state index is 14.6. The van der Waals surface area contributed by atoms with Crippen molar-refractivity contribution in [3.8, 4) is 5.75 Å². The molecule has 0 unspecified atom stereocenters. The third-order valence-electron chi connectivity index (χ3n) is 16.8. The molecule has 1 saturated heterocycles. The Morgan fingerprint density at radius 1 is 0.620 bits per heavy atom. The summed E-state index contributed by atoms with van der Waals surface area (Å²) in [5.74, 6) is -2.31. The average Bonchev–Trinajstić information content (AvgIpc) is 4.06. The monoisotopic (exact) mass is 1080 g/mol. The number of hydrogen-bond donors (Lipinski definition) is 7. The van der Waals surface area contributed by atoms with Gasteiger partial charge >= 0.3 is 0 Å². The van der Waals surface area contributed by atoms with Crippen molar-refractivity contribution in [3.05, 3.63) is 136 Å². The lowest BCUT2D eigenvalue weighted by Crippen LogP contribution is -2.59. The van der Waals surface area contributed by atoms with Crippen LogP contribution in [0, 0.1) is 17.3 Å². The molecule has 4 aliphatic rings. The molecule has 0 bridgehead atoms. The largest absolute Gasteiger partial charge is 0.489 e. The molecule has 4 aromatic rings. The number of ketones is 1. The zero-order chi connectivity index (χ0) is 56.4. The van der Waals surface area contributed by atoms with E-state index in [1.807, 2.05) is 87.5 Å². The first-order valence-corrected chi connectivity index (χ1v) is 28.6. The number of ether oxygens (including phenoxy) is 1. The fourth-order valence-corrected chi connectivity index (χ4v) is 11.8. The molecule has 79 heavy (non-hydrogen) atoms. The SMILES string of the molecule is CN[C@@H](C)C(=O)N[C@@H](Cc1ccc(OCc2ccc(C(=O)N[C@H]3C[C@@H](C(=O)N[C@@H]4CCCc5ccccc54)N(C(=O)[C@@H](NC(=O)[C@H](C)NC)C(C)(C)C)C3)cc2)cc1)C(=O)[C@H]1CCCC[C@@H]1C(=O)N[C@@H]1CCCc2ccccc21. The Balaban J connectivity index is 0.892. The number of Topliss-reactive ketones (excluding diaryl/α,β-unsaturated/α-hetero) is 1. The van der Waals surface area contributed by atoms with E-state index >= 15 is 0 Å². The number of carbonyl (C=O) groups excluding carboxylic acids is 7. The van der Waals surface area contributed by atoms with Gasteiger partial charge in [0.1, 0.15) is 24.4 Å². The molecule has 1 aliphatic heterocycles. The molecule has 10 atom stereocenters. The van der Waals surface area contributed by atoms with Crippen LogP contribution in [0.15, 0.2) is 97.1 Å². The number of rotatable bonds is 20. The summed E-state index contributed by atoms with van der Waals surface area (Å²) in [5.41, 5.74) is 6.01. The molecule has 7 N–H and O–H groups in total. The van der Waals surface area contributed by atoms with Crippen LogP contribution in [-0.4, -0.2) is 103 Å². The minimum absolute atomic E-state index is 0.0794. The van der Waals surface area contributed by atoms with E-state index in [-0.39, 0.29) is 73.4 Å². The standard InChI is InChI=1S/C63H82N8O8/c1-38(64-6)57(73)69-53(55(72)49-22-12-13-23-50(49)60(76)67-51-24-14-18-42-16-8-10-20-47(42)51)34-40-28-32-46(33-29-40)79-37-41-26-30-44(31-27-41)59(75)66-45-35-54(61(77)68-52-25-15-19-43-17-9-11-21-48(43)52)71(36-45)62(78)56(63(3,4)5)70-58(74)39(2)65-7/h8-11,16-17,20-21,26-33,38-39,45,49-54,56,64-65H,12-15,18-19,22-25,34-37H2,1-7H3,(H,66,75)(H,67,76)(H,68,77)(H,69,73)(H,70,74)/t38-,39-,45-,49-,50-,51+,52+,53-,54-,56+/m0/s1. The Labute approximate surface area is 466 Å². The Morgan fingerprint density at radius 2 is 1.16 bits per heavy atom. The molecule has 3 aliphatic carbocycles. The third-order valence-corrected chi connectivity index (χ3v) is 16.8. The third kappa shape index (κ3) is 14.5. The zero-order valence-corrected chi connectivity index (χ0v) is 47.1. The zero-order valence-electron chi connectivity index (χ0n) is 47.1. The van der Waals surface area contributed by atoms with Gasteiger partial charge in [-0.15, -0.1) is 0 Å². The molecule has 0 spiro atoms. The number of nitrogens with one attached hydrogen (secondary N) is 7. The van der Waals surface area contributed by atoms with Gasteiger partial charge in [0, 0.05) is 30.0 Å². The molecule has 1 saturated carbocycles. The van der Waals surface area contributed by atoms with Crippen molar-refractivity contribution in [2.24, 2.45) is 17.3 Å². The second-order valence-electron chi connectivity index (χ2n) is 23.3. The van der Waals surface area contributed by atoms with E-state index in [4.69, 9.17) is 4.74 Å². The van der Waals surface area contributed by atoms with Gasteiger partial charge in [-0.1, -0.05) is 106 Å². The minimum Gasteiger partial charge on any atom is -0.489 e. The van der Waals surface area contributed by atoms with Crippen LogP contribution in [0.25, 0.3) is 0 Å². The first-order chi connectivity index (χ1) is 37.9. The first-order valence-electron chi connectivity index (χ1n) is 28.6. The van der Waals surface area contributed by atoms with Crippen LogP contribution in [0.4, 0.5) is 0 Å². The number of hydrogen-bond acceptors (Lipinski definition) is 10. The summed E-state index contributed by atoms with van der Waals surface area (Å²) in [4.78, 5) is 99.5. The second-order valence-corrected chi connectivity index (χ2v) is 23.3. The summed E-state index contributed by atoms with van der Waals surface area (Å²) in [7, 11) is 3.37. The van der Waals surface area contributed by atoms with Crippen molar-refractivity contribution >= 4 is 41.2 Å². The average molecular weight is 1080 g/mol. The van der Waals surface area contributed by atoms with Crippen LogP contribution in [0.3, 0.4) is 0 Å². The number of fused-ring (bicyclic) bond motifs is 2. The van der Waals surface area contributed by atoms with Gasteiger partial charge in [-0.3, -0.25) is 33.6 Å². The van der Waals surface area contributed by atoms with Crippen molar-refractivity contribution < 1.29 is 38.3 Å². The van der Waals surface area contributed by atoms with Crippen molar-refractivity contribution in [2.75, 3.05) is 20.6 Å². The van der Waals surface area contributed by atoms with Crippen molar-refractivity contribution in [1.82, 2.24) is 42.1 Å². The molecular formula is C63H82N8O8. The van der Waals surface area contributed by atoms with E-state index in [1.54, 1.807) is 40.1 Å². The lowest BCUT2D eigenvalue weighted by molar-refractivity contribution is -0.144. The number of amides is 6. The Kier molecular flexibility index (Phi) is 19.4. The lowest BCUT2D eigenvalue weighted by Gasteiger charge is -2.36. The second kappa shape index (κ2) is 26.4. The predicted octanol–water partition coefficient (Wildman–Crippen LogP) is 6.50. The van der Waals surface area contributed by atoms with Crippen LogP contribution < -0.4 is 42.0 Å². The highest BCUT2D eigenvalue weighted by Crippen LogP contribution is 2.36. The Morgan fingerprint density at radius 3 is 1.75 bits per heavy atom. The normalized spacial score (nSPS) is 22.3. The molecule has 0 aromatic heterocycles. The van der Waals surface area contributed by atoms with E-state index < -0.39 is 59.4 Å². The summed E-state index contributed by atoms with van der Waals surface area (Å²) in [6.45, 7) is 9.37. The molecule has 16 nitrogen and oxygen atoms in total. The highest BCUT2D eigenvalue weighted by molar-refractivity contribution is 5.97. The topological polar surface area (TPSA) is 216 Å². The van der Waals surface area contributed by atoms with Gasteiger partial charge in [0.25, 0.3) is 5.91 Å². The lowest BCUT2D eigenvalue weighted by atomic mass is 9.74. The van der Waals surface area contributed by atoms with Crippen molar-refractivity contribution in [3.63, 3.8) is 0 Å². The van der Waals surface area contributed by atoms with Gasteiger partial charge in [-0.05, 0) is 155 Å². The molecule has 16 heteroatoms. The van der Waals surface area contributed by atoms with Crippen molar-refractivity contribution in [2.45, 2.75) is 167 Å². The highest BCUT2D eigenvalue weighted by atomic mass is 16.5. The van der Waals surface area contributed by atoms with Crippen LogP contribution in [0.5, 0.6) is 5.75 Å². The molecule has 422 valence electrons. The maximum Gasteiger partial charge on any atom is 0.251 e. The minimum atomic E-state index is -0.939. The van der Waals surface area contributed by atoms with E-state index in [0.717, 1.165) is 73.6 Å². The molecule has 1 heterocycles. The number of benzene rings is 4. The summed E-state index contributed by atoms with van der Waals surface area (Å²) in [6.07, 6.45) is 8.79. The number of aryl methyl sites for hydroxylation is 2. The molecule has 2 fully saturated rings. The van der Waals surface area contributed by atoms with Crippen LogP contribution in [0.1, 0.15) is 148 Å². The Bertz CT molecular complexity index is 2810. The summed E-state index contributed by atoms with van der Waals surface area (Å²) in [6, 6.07) is 26.2. The number of carbonyl (C=O) groups is 7. The van der Waals surface area contributed by atoms with Gasteiger partial charge in [0.15, 0.2) is 5.78 Å². The smallest absolute Gasteiger partial charge is 0.251 e. The van der Waals surface area contributed by atoms with Crippen LogP contribution >= 0.6 is 0 Å². The van der Waals surface area contributed by atoms with E-state index in [1.165, 1.54) is 16.0 Å². The Hall–Kier alpha value is -6.91. The number of nitrogens with zero attached hydrogens (tertiary/aromatic N) is 1. The van der Waals surface area contributed by atoms with E-state index in [0.29, 0.717) is 24.2 Å². The number of likely N-dealkylation sites (N-methyl/N-ethyl adjacent to an activating group) is 2. The molecule has 4 aromatic carbocycles. The van der Waals surface area contributed by atoms with Crippen molar-refractivity contribution in [1.29, 1.82) is 0 Å². The summed E-state index contributed by atoms with van der Waals surface area (Å²) >= 11 is 0. The quantitative estimate of drug-likeness (QED) is 0.0510. The summed E-state index contributed by atoms with van der Waals surface area (Å²) in [5, 5.41) is 21.5. The van der Waals surface area contributed by atoms with Gasteiger partial charge in [0.05, 0.1) is 30.2 Å². The van der Waals surface area contributed by atoms with Gasteiger partial charge in [-0.25, -0.2) is 0 Å². The van der Waals surface area contributed by atoms with Gasteiger partial charge in [-0.2, -0.15) is 0 Å².